The molecule has 0 fully saturated rings. The van der Waals surface area contributed by atoms with Gasteiger partial charge in [0.1, 0.15) is 0 Å². The fraction of sp³-hybridized carbons (Fsp3) is 0.0185. The second kappa shape index (κ2) is 13.1. The second-order valence-electron chi connectivity index (χ2n) is 15.1. The van der Waals surface area contributed by atoms with Crippen molar-refractivity contribution in [3.05, 3.63) is 222 Å². The molecule has 9 aromatic carbocycles. The number of hydrogen-bond donors (Lipinski definition) is 0. The van der Waals surface area contributed by atoms with Gasteiger partial charge in [-0.15, -0.1) is 0 Å². The summed E-state index contributed by atoms with van der Waals surface area (Å²) in [7, 11) is 0. The van der Waals surface area contributed by atoms with Gasteiger partial charge in [0.2, 0.25) is 0 Å². The van der Waals surface area contributed by atoms with E-state index in [-0.39, 0.29) is 0 Å². The molecule has 0 unspecified atom stereocenters. The SMILES string of the molecule is c1ccc(-c2nc(-c3ccc4c(c3)Oc3ccc5c(c3O4)-c3ccccc3C5(c3ccccc3)c3ccccc3)nc(-c3ccc4c(ccc5ccccc54)c3)n2)cc1. The molecule has 59 heavy (non-hydrogen) atoms. The van der Waals surface area contributed by atoms with Crippen molar-refractivity contribution >= 4 is 21.5 Å². The van der Waals surface area contributed by atoms with Gasteiger partial charge in [0.05, 0.1) is 5.41 Å². The van der Waals surface area contributed by atoms with Crippen molar-refractivity contribution < 1.29 is 9.47 Å². The Morgan fingerprint density at radius 1 is 0.356 bits per heavy atom. The summed E-state index contributed by atoms with van der Waals surface area (Å²) >= 11 is 0. The maximum absolute atomic E-state index is 6.91. The average molecular weight is 756 g/mol. The van der Waals surface area contributed by atoms with Gasteiger partial charge in [0.15, 0.2) is 40.5 Å². The van der Waals surface area contributed by atoms with Crippen LogP contribution in [0.25, 0.3) is 66.8 Å². The van der Waals surface area contributed by atoms with Crippen molar-refractivity contribution in [2.45, 2.75) is 5.41 Å². The first-order valence-corrected chi connectivity index (χ1v) is 19.8. The van der Waals surface area contributed by atoms with Crippen LogP contribution in [0.15, 0.2) is 200 Å². The fourth-order valence-corrected chi connectivity index (χ4v) is 9.21. The van der Waals surface area contributed by atoms with E-state index in [1.807, 2.05) is 54.6 Å². The van der Waals surface area contributed by atoms with Crippen molar-refractivity contribution in [2.24, 2.45) is 0 Å². The van der Waals surface area contributed by atoms with E-state index in [9.17, 15) is 0 Å². The molecule has 0 bridgehead atoms. The molecule has 1 aliphatic heterocycles. The number of rotatable bonds is 5. The third-order valence-corrected chi connectivity index (χ3v) is 11.8. The zero-order valence-corrected chi connectivity index (χ0v) is 31.7. The Labute approximate surface area is 340 Å². The van der Waals surface area contributed by atoms with E-state index in [0.717, 1.165) is 38.8 Å². The molecule has 0 N–H and O–H groups in total. The zero-order valence-electron chi connectivity index (χ0n) is 31.7. The third-order valence-electron chi connectivity index (χ3n) is 11.8. The third kappa shape index (κ3) is 5.15. The summed E-state index contributed by atoms with van der Waals surface area (Å²) in [5, 5.41) is 4.75. The Morgan fingerprint density at radius 2 is 0.932 bits per heavy atom. The van der Waals surface area contributed by atoms with Gasteiger partial charge in [0, 0.05) is 22.3 Å². The molecule has 1 aliphatic carbocycles. The molecule has 0 saturated carbocycles. The van der Waals surface area contributed by atoms with Crippen LogP contribution >= 0.6 is 0 Å². The van der Waals surface area contributed by atoms with E-state index in [1.54, 1.807) is 0 Å². The maximum Gasteiger partial charge on any atom is 0.178 e. The summed E-state index contributed by atoms with van der Waals surface area (Å²) in [5.41, 5.74) is 9.01. The van der Waals surface area contributed by atoms with Crippen molar-refractivity contribution in [1.29, 1.82) is 0 Å². The molecule has 10 aromatic rings. The van der Waals surface area contributed by atoms with Gasteiger partial charge in [-0.3, -0.25) is 0 Å². The second-order valence-corrected chi connectivity index (χ2v) is 15.1. The zero-order chi connectivity index (χ0) is 38.9. The summed E-state index contributed by atoms with van der Waals surface area (Å²) < 4.78 is 13.7. The van der Waals surface area contributed by atoms with Gasteiger partial charge in [0.25, 0.3) is 0 Å². The molecule has 276 valence electrons. The monoisotopic (exact) mass is 755 g/mol. The molecule has 2 aliphatic rings. The Hall–Kier alpha value is -7.89. The normalized spacial score (nSPS) is 13.2. The minimum Gasteiger partial charge on any atom is -0.449 e. The van der Waals surface area contributed by atoms with E-state index in [4.69, 9.17) is 24.4 Å². The smallest absolute Gasteiger partial charge is 0.178 e. The highest BCUT2D eigenvalue weighted by atomic mass is 16.6. The van der Waals surface area contributed by atoms with Crippen LogP contribution in [0.2, 0.25) is 0 Å². The van der Waals surface area contributed by atoms with Crippen LogP contribution in [0, 0.1) is 0 Å². The molecule has 1 aromatic heterocycles. The van der Waals surface area contributed by atoms with Gasteiger partial charge in [-0.05, 0) is 79.7 Å². The molecule has 0 amide bonds. The van der Waals surface area contributed by atoms with Gasteiger partial charge in [-0.2, -0.15) is 0 Å². The number of fused-ring (bicyclic) bond motifs is 9. The molecule has 0 radical (unpaired) electrons. The largest absolute Gasteiger partial charge is 0.449 e. The average Bonchev–Trinajstić information content (AvgIpc) is 3.62. The Morgan fingerprint density at radius 3 is 1.69 bits per heavy atom. The topological polar surface area (TPSA) is 57.1 Å². The van der Waals surface area contributed by atoms with Crippen LogP contribution in [0.1, 0.15) is 22.3 Å². The van der Waals surface area contributed by atoms with Gasteiger partial charge in [-0.1, -0.05) is 170 Å². The van der Waals surface area contributed by atoms with Crippen molar-refractivity contribution in [2.75, 3.05) is 0 Å². The van der Waals surface area contributed by atoms with Crippen LogP contribution < -0.4 is 9.47 Å². The summed E-state index contributed by atoms with van der Waals surface area (Å²) in [6.07, 6.45) is 0. The van der Waals surface area contributed by atoms with Gasteiger partial charge in [-0.25, -0.2) is 15.0 Å². The Bertz CT molecular complexity index is 3240. The van der Waals surface area contributed by atoms with E-state index in [0.29, 0.717) is 40.5 Å². The van der Waals surface area contributed by atoms with E-state index in [2.05, 4.69) is 146 Å². The molecule has 0 atom stereocenters. The lowest BCUT2D eigenvalue weighted by Crippen LogP contribution is -2.28. The van der Waals surface area contributed by atoms with Crippen LogP contribution in [0.5, 0.6) is 23.0 Å². The lowest BCUT2D eigenvalue weighted by molar-refractivity contribution is 0.360. The van der Waals surface area contributed by atoms with Crippen LogP contribution in [-0.4, -0.2) is 15.0 Å². The van der Waals surface area contributed by atoms with E-state index >= 15 is 0 Å². The molecule has 0 spiro atoms. The highest BCUT2D eigenvalue weighted by Crippen LogP contribution is 2.62. The standard InChI is InChI=1S/C54H33N3O2/c1-4-15-35(16-5-1)51-55-52(37-26-28-42-36(32-37)25-24-34-14-10-11-21-41(34)42)57-53(56-51)38-27-30-46-48(33-38)58-47-31-29-45-49(50(47)59-46)43-22-12-13-23-44(43)54(45,39-17-6-2-7-18-39)40-19-8-3-9-20-40/h1-33H. The van der Waals surface area contributed by atoms with Crippen molar-refractivity contribution in [3.8, 4) is 68.3 Å². The van der Waals surface area contributed by atoms with Gasteiger partial charge >= 0.3 is 0 Å². The number of benzene rings is 9. The molecular formula is C54H33N3O2. The predicted octanol–water partition coefficient (Wildman–Crippen LogP) is 13.4. The van der Waals surface area contributed by atoms with Crippen LogP contribution in [0.3, 0.4) is 0 Å². The molecular weight excluding hydrogens is 723 g/mol. The quantitative estimate of drug-likeness (QED) is 0.164. The summed E-state index contributed by atoms with van der Waals surface area (Å²) in [5.74, 6) is 4.33. The number of ether oxygens (including phenoxy) is 2. The Kier molecular flexibility index (Phi) is 7.38. The highest BCUT2D eigenvalue weighted by molar-refractivity contribution is 6.08. The maximum atomic E-state index is 6.91. The molecule has 0 saturated heterocycles. The fourth-order valence-electron chi connectivity index (χ4n) is 9.21. The van der Waals surface area contributed by atoms with E-state index in [1.165, 1.54) is 32.8 Å². The highest BCUT2D eigenvalue weighted by Gasteiger charge is 2.48. The Balaban J connectivity index is 0.973. The molecule has 12 rings (SSSR count). The lowest BCUT2D eigenvalue weighted by Gasteiger charge is -2.34. The van der Waals surface area contributed by atoms with E-state index < -0.39 is 5.41 Å². The first-order valence-electron chi connectivity index (χ1n) is 19.8. The summed E-state index contributed by atoms with van der Waals surface area (Å²) in [6, 6.07) is 69.7. The minimum absolute atomic E-state index is 0.539. The van der Waals surface area contributed by atoms with Crippen molar-refractivity contribution in [3.63, 3.8) is 0 Å². The first-order chi connectivity index (χ1) is 29.2. The van der Waals surface area contributed by atoms with Crippen molar-refractivity contribution in [1.82, 2.24) is 15.0 Å². The molecule has 2 heterocycles. The minimum atomic E-state index is -0.539. The van der Waals surface area contributed by atoms with Gasteiger partial charge < -0.3 is 9.47 Å². The molecule has 5 nitrogen and oxygen atoms in total. The number of nitrogens with zero attached hydrogens (tertiary/aromatic N) is 3. The lowest BCUT2D eigenvalue weighted by atomic mass is 9.68. The number of hydrogen-bond acceptors (Lipinski definition) is 5. The molecule has 5 heteroatoms. The summed E-state index contributed by atoms with van der Waals surface area (Å²) in [4.78, 5) is 15.1. The predicted molar refractivity (Wildman–Crippen MR) is 235 cm³/mol. The van der Waals surface area contributed by atoms with Crippen LogP contribution in [-0.2, 0) is 5.41 Å². The summed E-state index contributed by atoms with van der Waals surface area (Å²) in [6.45, 7) is 0. The van der Waals surface area contributed by atoms with Crippen LogP contribution in [0.4, 0.5) is 0 Å². The number of aromatic nitrogens is 3. The first kappa shape index (κ1) is 33.3.